The molecule has 0 saturated carbocycles. The van der Waals surface area contributed by atoms with Crippen LogP contribution >= 0.6 is 11.6 Å². The minimum atomic E-state index is -0.262. The largest absolute Gasteiger partial charge is 0.450 e. The summed E-state index contributed by atoms with van der Waals surface area (Å²) in [6.45, 7) is 4.99. The van der Waals surface area contributed by atoms with Gasteiger partial charge < -0.3 is 15.4 Å². The van der Waals surface area contributed by atoms with Crippen LogP contribution < -0.4 is 5.73 Å². The molecule has 2 atom stereocenters. The third-order valence-electron chi connectivity index (χ3n) is 5.24. The number of nitrogens with zero attached hydrogens (tertiary/aromatic N) is 1. The van der Waals surface area contributed by atoms with Crippen molar-refractivity contribution in [3.63, 3.8) is 0 Å². The van der Waals surface area contributed by atoms with E-state index < -0.39 is 0 Å². The molecule has 2 aromatic rings. The van der Waals surface area contributed by atoms with Crippen LogP contribution in [0.4, 0.5) is 10.5 Å². The number of ether oxygens (including phenoxy) is 1. The molecular formula is C23H27ClN2O2. The SMILES string of the molecule is CCOC(=O)N1CCC(c2cc(Cl)ccc2N)=CC1CC(C)c1ccccc1. The van der Waals surface area contributed by atoms with Gasteiger partial charge in [0.05, 0.1) is 12.6 Å². The zero-order valence-corrected chi connectivity index (χ0v) is 17.2. The number of benzene rings is 2. The van der Waals surface area contributed by atoms with Crippen LogP contribution in [-0.2, 0) is 4.74 Å². The summed E-state index contributed by atoms with van der Waals surface area (Å²) in [6, 6.07) is 15.8. The molecular weight excluding hydrogens is 372 g/mol. The smallest absolute Gasteiger partial charge is 0.410 e. The molecule has 0 radical (unpaired) electrons. The fraction of sp³-hybridized carbons (Fsp3) is 0.348. The number of rotatable bonds is 5. The number of hydrogen-bond acceptors (Lipinski definition) is 3. The minimum absolute atomic E-state index is 0.0589. The number of anilines is 1. The summed E-state index contributed by atoms with van der Waals surface area (Å²) < 4.78 is 5.29. The molecule has 1 aliphatic heterocycles. The molecule has 2 N–H and O–H groups in total. The number of carbonyl (C=O) groups excluding carboxylic acids is 1. The maximum Gasteiger partial charge on any atom is 0.410 e. The van der Waals surface area contributed by atoms with Crippen molar-refractivity contribution in [2.45, 2.75) is 38.6 Å². The summed E-state index contributed by atoms with van der Waals surface area (Å²) in [5.41, 5.74) is 10.2. The van der Waals surface area contributed by atoms with Gasteiger partial charge in [0.1, 0.15) is 0 Å². The Morgan fingerprint density at radius 3 is 2.75 bits per heavy atom. The quantitative estimate of drug-likeness (QED) is 0.654. The molecule has 0 bridgehead atoms. The van der Waals surface area contributed by atoms with Crippen LogP contribution in [0.1, 0.15) is 43.7 Å². The molecule has 0 saturated heterocycles. The first-order chi connectivity index (χ1) is 13.5. The van der Waals surface area contributed by atoms with Crippen LogP contribution in [0.25, 0.3) is 5.57 Å². The van der Waals surface area contributed by atoms with Crippen LogP contribution in [0.5, 0.6) is 0 Å². The second kappa shape index (κ2) is 9.16. The van der Waals surface area contributed by atoms with Crippen LogP contribution in [0.15, 0.2) is 54.6 Å². The topological polar surface area (TPSA) is 55.6 Å². The Bertz CT molecular complexity index is 851. The van der Waals surface area contributed by atoms with Crippen molar-refractivity contribution in [1.82, 2.24) is 4.90 Å². The standard InChI is InChI=1S/C23H27ClN2O2/c1-3-28-23(27)26-12-11-18(21-15-19(24)9-10-22(21)25)14-20(26)13-16(2)17-7-5-4-6-8-17/h4-10,14-16,20H,3,11-13,25H2,1-2H3. The highest BCUT2D eigenvalue weighted by molar-refractivity contribution is 6.30. The lowest BCUT2D eigenvalue weighted by molar-refractivity contribution is 0.0944. The van der Waals surface area contributed by atoms with Crippen molar-refractivity contribution in [3.05, 3.63) is 70.8 Å². The summed E-state index contributed by atoms with van der Waals surface area (Å²) in [7, 11) is 0. The summed E-state index contributed by atoms with van der Waals surface area (Å²) in [6.07, 6.45) is 3.43. The fourth-order valence-electron chi connectivity index (χ4n) is 3.75. The van der Waals surface area contributed by atoms with Gasteiger partial charge in [0.25, 0.3) is 0 Å². The van der Waals surface area contributed by atoms with E-state index in [9.17, 15) is 4.79 Å². The number of amides is 1. The van der Waals surface area contributed by atoms with Gasteiger partial charge in [-0.25, -0.2) is 4.79 Å². The minimum Gasteiger partial charge on any atom is -0.450 e. The van der Waals surface area contributed by atoms with Crippen molar-refractivity contribution in [1.29, 1.82) is 0 Å². The summed E-state index contributed by atoms with van der Waals surface area (Å²) in [5, 5.41) is 0.659. The van der Waals surface area contributed by atoms with Gasteiger partial charge in [-0.3, -0.25) is 0 Å². The number of nitrogen functional groups attached to an aromatic ring is 1. The van der Waals surface area contributed by atoms with Crippen molar-refractivity contribution < 1.29 is 9.53 Å². The first-order valence-electron chi connectivity index (χ1n) is 9.74. The monoisotopic (exact) mass is 398 g/mol. The van der Waals surface area contributed by atoms with E-state index >= 15 is 0 Å². The molecule has 28 heavy (non-hydrogen) atoms. The Labute approximate surface area is 171 Å². The lowest BCUT2D eigenvalue weighted by Gasteiger charge is -2.35. The zero-order valence-electron chi connectivity index (χ0n) is 16.4. The van der Waals surface area contributed by atoms with Crippen LogP contribution in [-0.4, -0.2) is 30.2 Å². The second-order valence-electron chi connectivity index (χ2n) is 7.18. The van der Waals surface area contributed by atoms with E-state index in [0.717, 1.165) is 24.0 Å². The number of halogens is 1. The number of nitrogens with two attached hydrogens (primary N) is 1. The highest BCUT2D eigenvalue weighted by Crippen LogP contribution is 2.34. The van der Waals surface area contributed by atoms with Crippen molar-refractivity contribution >= 4 is 29.0 Å². The molecule has 5 heteroatoms. The van der Waals surface area contributed by atoms with E-state index in [4.69, 9.17) is 22.1 Å². The molecule has 0 spiro atoms. The Kier molecular flexibility index (Phi) is 6.63. The fourth-order valence-corrected chi connectivity index (χ4v) is 3.92. The van der Waals surface area contributed by atoms with Crippen molar-refractivity contribution in [2.24, 2.45) is 0 Å². The maximum absolute atomic E-state index is 12.5. The van der Waals surface area contributed by atoms with Crippen LogP contribution in [0.3, 0.4) is 0 Å². The first-order valence-corrected chi connectivity index (χ1v) is 10.1. The summed E-state index contributed by atoms with van der Waals surface area (Å²) in [5.74, 6) is 0.301. The predicted octanol–water partition coefficient (Wildman–Crippen LogP) is 5.73. The first kappa shape index (κ1) is 20.3. The van der Waals surface area contributed by atoms with Gasteiger partial charge in [-0.05, 0) is 55.0 Å². The van der Waals surface area contributed by atoms with Crippen molar-refractivity contribution in [3.8, 4) is 0 Å². The molecule has 0 aromatic heterocycles. The summed E-state index contributed by atoms with van der Waals surface area (Å²) in [4.78, 5) is 14.3. The summed E-state index contributed by atoms with van der Waals surface area (Å²) >= 11 is 6.19. The maximum atomic E-state index is 12.5. The average molecular weight is 399 g/mol. The molecule has 3 rings (SSSR count). The van der Waals surface area contributed by atoms with Gasteiger partial charge >= 0.3 is 6.09 Å². The van der Waals surface area contributed by atoms with Gasteiger partial charge in [-0.15, -0.1) is 0 Å². The van der Waals surface area contributed by atoms with E-state index in [-0.39, 0.29) is 12.1 Å². The average Bonchev–Trinajstić information content (AvgIpc) is 2.70. The van der Waals surface area contributed by atoms with Gasteiger partial charge in [-0.2, -0.15) is 0 Å². The highest BCUT2D eigenvalue weighted by Gasteiger charge is 2.29. The Hall–Kier alpha value is -2.46. The van der Waals surface area contributed by atoms with Crippen LogP contribution in [0, 0.1) is 0 Å². The van der Waals surface area contributed by atoms with Crippen molar-refractivity contribution in [2.75, 3.05) is 18.9 Å². The molecule has 1 amide bonds. The third kappa shape index (κ3) is 4.68. The Morgan fingerprint density at radius 1 is 1.29 bits per heavy atom. The molecule has 0 aliphatic carbocycles. The third-order valence-corrected chi connectivity index (χ3v) is 5.48. The van der Waals surface area contributed by atoms with Gasteiger partial charge in [-0.1, -0.05) is 54.9 Å². The molecule has 148 valence electrons. The van der Waals surface area contributed by atoms with Gasteiger partial charge in [0.2, 0.25) is 0 Å². The molecule has 2 aromatic carbocycles. The normalized spacial score (nSPS) is 17.8. The molecule has 4 nitrogen and oxygen atoms in total. The van der Waals surface area contributed by atoms with E-state index in [1.165, 1.54) is 5.56 Å². The van der Waals surface area contributed by atoms with E-state index in [1.807, 2.05) is 42.2 Å². The highest BCUT2D eigenvalue weighted by atomic mass is 35.5. The number of hydrogen-bond donors (Lipinski definition) is 1. The Morgan fingerprint density at radius 2 is 2.04 bits per heavy atom. The van der Waals surface area contributed by atoms with Crippen LogP contribution in [0.2, 0.25) is 5.02 Å². The number of carbonyl (C=O) groups is 1. The molecule has 1 heterocycles. The Balaban J connectivity index is 1.91. The molecule has 0 fully saturated rings. The van der Waals surface area contributed by atoms with Gasteiger partial charge in [0.15, 0.2) is 0 Å². The van der Waals surface area contributed by atoms with E-state index in [1.54, 1.807) is 6.07 Å². The van der Waals surface area contributed by atoms with E-state index in [0.29, 0.717) is 29.8 Å². The van der Waals surface area contributed by atoms with E-state index in [2.05, 4.69) is 25.1 Å². The zero-order chi connectivity index (χ0) is 20.1. The lowest BCUT2D eigenvalue weighted by atomic mass is 9.88. The molecule has 2 unspecified atom stereocenters. The predicted molar refractivity (Wildman–Crippen MR) is 115 cm³/mol. The second-order valence-corrected chi connectivity index (χ2v) is 7.62. The van der Waals surface area contributed by atoms with Gasteiger partial charge in [0, 0.05) is 22.8 Å². The lowest BCUT2D eigenvalue weighted by Crippen LogP contribution is -2.43. The molecule has 1 aliphatic rings.